The highest BCUT2D eigenvalue weighted by molar-refractivity contribution is 7.08. The van der Waals surface area contributed by atoms with Crippen molar-refractivity contribution in [2.24, 2.45) is 0 Å². The Morgan fingerprint density at radius 2 is 2.35 bits per heavy atom. The summed E-state index contributed by atoms with van der Waals surface area (Å²) in [7, 11) is 3.46. The molecule has 0 saturated heterocycles. The van der Waals surface area contributed by atoms with Crippen LogP contribution in [-0.4, -0.2) is 35.0 Å². The average molecular weight is 251 g/mol. The van der Waals surface area contributed by atoms with Gasteiger partial charge in [0.25, 0.3) is 0 Å². The highest BCUT2D eigenvalue weighted by atomic mass is 32.1. The van der Waals surface area contributed by atoms with E-state index in [2.05, 4.69) is 10.1 Å². The number of hydrogen-bond donors (Lipinski definition) is 0. The Bertz CT molecular complexity index is 491. The molecule has 5 nitrogen and oxygen atoms in total. The highest BCUT2D eigenvalue weighted by Crippen LogP contribution is 2.18. The maximum Gasteiger partial charge on any atom is 0.227 e. The van der Waals surface area contributed by atoms with Crippen LogP contribution in [0.4, 0.5) is 0 Å². The van der Waals surface area contributed by atoms with E-state index in [0.717, 1.165) is 5.56 Å². The Morgan fingerprint density at radius 1 is 1.53 bits per heavy atom. The van der Waals surface area contributed by atoms with Gasteiger partial charge < -0.3 is 9.42 Å². The molecule has 2 aromatic heterocycles. The summed E-state index contributed by atoms with van der Waals surface area (Å²) in [4.78, 5) is 17.2. The van der Waals surface area contributed by atoms with Crippen molar-refractivity contribution in [1.29, 1.82) is 0 Å². The van der Waals surface area contributed by atoms with E-state index in [-0.39, 0.29) is 5.91 Å². The number of aromatic nitrogens is 2. The molecule has 0 spiro atoms. The van der Waals surface area contributed by atoms with Gasteiger partial charge in [-0.25, -0.2) is 0 Å². The third kappa shape index (κ3) is 2.91. The fourth-order valence-electron chi connectivity index (χ4n) is 1.30. The lowest BCUT2D eigenvalue weighted by atomic mass is 10.3. The van der Waals surface area contributed by atoms with Crippen molar-refractivity contribution in [2.75, 3.05) is 14.1 Å². The van der Waals surface area contributed by atoms with Gasteiger partial charge in [0.05, 0.1) is 0 Å². The third-order valence-electron chi connectivity index (χ3n) is 2.30. The number of carbonyl (C=O) groups excluding carboxylic acids is 1. The first-order valence-corrected chi connectivity index (χ1v) is 6.16. The van der Waals surface area contributed by atoms with E-state index in [4.69, 9.17) is 4.52 Å². The van der Waals surface area contributed by atoms with Gasteiger partial charge in [-0.05, 0) is 11.4 Å². The predicted octanol–water partition coefficient (Wildman–Crippen LogP) is 1.82. The van der Waals surface area contributed by atoms with Crippen LogP contribution in [0.3, 0.4) is 0 Å². The second kappa shape index (κ2) is 5.09. The van der Waals surface area contributed by atoms with E-state index in [9.17, 15) is 4.79 Å². The summed E-state index contributed by atoms with van der Waals surface area (Å²) in [6.07, 6.45) is 0.867. The van der Waals surface area contributed by atoms with Gasteiger partial charge in [0, 0.05) is 37.9 Å². The fourth-order valence-corrected chi connectivity index (χ4v) is 1.94. The van der Waals surface area contributed by atoms with E-state index >= 15 is 0 Å². The SMILES string of the molecule is CN(C)C(=O)CCc1nc(-c2ccsc2)no1. The van der Waals surface area contributed by atoms with Crippen LogP contribution in [0.2, 0.25) is 0 Å². The molecule has 0 saturated carbocycles. The van der Waals surface area contributed by atoms with Crippen molar-refractivity contribution in [3.05, 3.63) is 22.7 Å². The zero-order chi connectivity index (χ0) is 12.3. The molecule has 0 aliphatic rings. The topological polar surface area (TPSA) is 59.2 Å². The van der Waals surface area contributed by atoms with Crippen molar-refractivity contribution in [1.82, 2.24) is 15.0 Å². The first-order chi connectivity index (χ1) is 8.16. The van der Waals surface area contributed by atoms with Crippen LogP contribution in [0.15, 0.2) is 21.3 Å². The molecule has 2 aromatic rings. The van der Waals surface area contributed by atoms with Crippen LogP contribution in [0.1, 0.15) is 12.3 Å². The van der Waals surface area contributed by atoms with Gasteiger partial charge >= 0.3 is 0 Å². The molecule has 0 aromatic carbocycles. The predicted molar refractivity (Wildman–Crippen MR) is 64.6 cm³/mol. The summed E-state index contributed by atoms with van der Waals surface area (Å²) in [5.41, 5.74) is 0.948. The minimum atomic E-state index is 0.0558. The number of hydrogen-bond acceptors (Lipinski definition) is 5. The number of nitrogens with zero attached hydrogens (tertiary/aromatic N) is 3. The minimum absolute atomic E-state index is 0.0558. The molecular weight excluding hydrogens is 238 g/mol. The van der Waals surface area contributed by atoms with Crippen LogP contribution in [0.25, 0.3) is 11.4 Å². The van der Waals surface area contributed by atoms with Crippen LogP contribution < -0.4 is 0 Å². The number of aryl methyl sites for hydroxylation is 1. The molecule has 2 rings (SSSR count). The first-order valence-electron chi connectivity index (χ1n) is 5.22. The summed E-state index contributed by atoms with van der Waals surface area (Å²) in [6, 6.07) is 1.93. The molecule has 0 bridgehead atoms. The monoisotopic (exact) mass is 251 g/mol. The van der Waals surface area contributed by atoms with Crippen molar-refractivity contribution < 1.29 is 9.32 Å². The van der Waals surface area contributed by atoms with Gasteiger partial charge in [0.15, 0.2) is 0 Å². The van der Waals surface area contributed by atoms with Crippen molar-refractivity contribution in [2.45, 2.75) is 12.8 Å². The summed E-state index contributed by atoms with van der Waals surface area (Å²) < 4.78 is 5.09. The molecule has 0 N–H and O–H groups in total. The van der Waals surface area contributed by atoms with Crippen molar-refractivity contribution >= 4 is 17.2 Å². The quantitative estimate of drug-likeness (QED) is 0.831. The summed E-state index contributed by atoms with van der Waals surface area (Å²) >= 11 is 1.58. The maximum atomic E-state index is 11.4. The molecule has 1 amide bonds. The lowest BCUT2D eigenvalue weighted by molar-refractivity contribution is -0.128. The van der Waals surface area contributed by atoms with Crippen molar-refractivity contribution in [3.63, 3.8) is 0 Å². The molecular formula is C11H13N3O2S. The molecule has 2 heterocycles. The van der Waals surface area contributed by atoms with E-state index in [1.165, 1.54) is 0 Å². The minimum Gasteiger partial charge on any atom is -0.349 e. The molecule has 90 valence electrons. The van der Waals surface area contributed by atoms with Crippen molar-refractivity contribution in [3.8, 4) is 11.4 Å². The van der Waals surface area contributed by atoms with Gasteiger partial charge in [0.2, 0.25) is 17.6 Å². The third-order valence-corrected chi connectivity index (χ3v) is 2.98. The number of amides is 1. The largest absolute Gasteiger partial charge is 0.349 e. The van der Waals surface area contributed by atoms with E-state index in [0.29, 0.717) is 24.6 Å². The van der Waals surface area contributed by atoms with Gasteiger partial charge in [-0.3, -0.25) is 4.79 Å². The molecule has 0 unspecified atom stereocenters. The number of rotatable bonds is 4. The van der Waals surface area contributed by atoms with Crippen LogP contribution in [-0.2, 0) is 11.2 Å². The van der Waals surface area contributed by atoms with Gasteiger partial charge in [0.1, 0.15) is 0 Å². The molecule has 0 fully saturated rings. The standard InChI is InChI=1S/C11H13N3O2S/c1-14(2)10(15)4-3-9-12-11(13-16-9)8-5-6-17-7-8/h5-7H,3-4H2,1-2H3. The van der Waals surface area contributed by atoms with Gasteiger partial charge in [-0.15, -0.1) is 0 Å². The smallest absolute Gasteiger partial charge is 0.227 e. The zero-order valence-corrected chi connectivity index (χ0v) is 10.5. The maximum absolute atomic E-state index is 11.4. The average Bonchev–Trinajstić information content (AvgIpc) is 2.95. The Balaban J connectivity index is 1.97. The van der Waals surface area contributed by atoms with E-state index in [1.54, 1.807) is 30.3 Å². The zero-order valence-electron chi connectivity index (χ0n) is 9.71. The molecule has 0 aliphatic carbocycles. The van der Waals surface area contributed by atoms with Crippen LogP contribution in [0.5, 0.6) is 0 Å². The Hall–Kier alpha value is -1.69. The fraction of sp³-hybridized carbons (Fsp3) is 0.364. The molecule has 0 aliphatic heterocycles. The van der Waals surface area contributed by atoms with Gasteiger partial charge in [-0.2, -0.15) is 16.3 Å². The normalized spacial score (nSPS) is 10.5. The number of carbonyl (C=O) groups is 1. The lowest BCUT2D eigenvalue weighted by Gasteiger charge is -2.07. The lowest BCUT2D eigenvalue weighted by Crippen LogP contribution is -2.21. The second-order valence-electron chi connectivity index (χ2n) is 3.81. The Labute approximate surface area is 103 Å². The molecule has 6 heteroatoms. The summed E-state index contributed by atoms with van der Waals surface area (Å²) in [6.45, 7) is 0. The van der Waals surface area contributed by atoms with Crippen LogP contribution >= 0.6 is 11.3 Å². The summed E-state index contributed by atoms with van der Waals surface area (Å²) in [5.74, 6) is 1.14. The second-order valence-corrected chi connectivity index (χ2v) is 4.59. The molecule has 0 radical (unpaired) electrons. The van der Waals surface area contributed by atoms with E-state index < -0.39 is 0 Å². The number of thiophene rings is 1. The van der Waals surface area contributed by atoms with Crippen LogP contribution in [0, 0.1) is 0 Å². The Kier molecular flexibility index (Phi) is 3.53. The molecule has 17 heavy (non-hydrogen) atoms. The van der Waals surface area contributed by atoms with E-state index in [1.807, 2.05) is 16.8 Å². The summed E-state index contributed by atoms with van der Waals surface area (Å²) in [5, 5.41) is 7.79. The molecule has 0 atom stereocenters. The highest BCUT2D eigenvalue weighted by Gasteiger charge is 2.11. The van der Waals surface area contributed by atoms with Gasteiger partial charge in [-0.1, -0.05) is 5.16 Å². The first kappa shape index (κ1) is 11.8. The Morgan fingerprint density at radius 3 is 3.00 bits per heavy atom.